The molecule has 0 bridgehead atoms. The van der Waals surface area contributed by atoms with E-state index >= 15 is 0 Å². The lowest BCUT2D eigenvalue weighted by molar-refractivity contribution is 1.27. The summed E-state index contributed by atoms with van der Waals surface area (Å²) in [4.78, 5) is 4.31. The summed E-state index contributed by atoms with van der Waals surface area (Å²) >= 11 is 0. The van der Waals surface area contributed by atoms with Gasteiger partial charge in [-0.3, -0.25) is 4.98 Å². The van der Waals surface area contributed by atoms with Crippen LogP contribution in [0, 0.1) is 25.2 Å². The molecule has 0 saturated carbocycles. The molecule has 0 N–H and O–H groups in total. The van der Waals surface area contributed by atoms with Crippen molar-refractivity contribution < 1.29 is 0 Å². The summed E-state index contributed by atoms with van der Waals surface area (Å²) in [5.74, 6) is 0. The van der Waals surface area contributed by atoms with Crippen molar-refractivity contribution in [3.8, 4) is 17.3 Å². The highest BCUT2D eigenvalue weighted by Gasteiger charge is 2.05. The first-order valence-corrected chi connectivity index (χ1v) is 5.15. The Hall–Kier alpha value is -2.14. The van der Waals surface area contributed by atoms with Crippen molar-refractivity contribution in [1.82, 2.24) is 4.98 Å². The highest BCUT2D eigenvalue weighted by molar-refractivity contribution is 5.66. The van der Waals surface area contributed by atoms with Gasteiger partial charge in [-0.05, 0) is 37.1 Å². The van der Waals surface area contributed by atoms with Gasteiger partial charge in [-0.2, -0.15) is 5.26 Å². The minimum absolute atomic E-state index is 0.644. The summed E-state index contributed by atoms with van der Waals surface area (Å²) in [5, 5.41) is 8.86. The summed E-state index contributed by atoms with van der Waals surface area (Å²) in [6, 6.07) is 11.8. The molecule has 0 fully saturated rings. The zero-order chi connectivity index (χ0) is 11.5. The summed E-state index contributed by atoms with van der Waals surface area (Å²) in [6.07, 6.45) is 1.68. The molecule has 0 aliphatic heterocycles. The van der Waals surface area contributed by atoms with Crippen molar-refractivity contribution in [2.75, 3.05) is 0 Å². The molecule has 2 aromatic rings. The fourth-order valence-electron chi connectivity index (χ4n) is 1.68. The fourth-order valence-corrected chi connectivity index (χ4v) is 1.68. The Kier molecular flexibility index (Phi) is 2.70. The molecule has 0 unspecified atom stereocenters. The van der Waals surface area contributed by atoms with E-state index in [0.717, 1.165) is 11.3 Å². The number of benzene rings is 1. The lowest BCUT2D eigenvalue weighted by Gasteiger charge is -2.07. The van der Waals surface area contributed by atoms with Gasteiger partial charge in [-0.1, -0.05) is 18.2 Å². The Labute approximate surface area is 95.2 Å². The van der Waals surface area contributed by atoms with E-state index in [-0.39, 0.29) is 0 Å². The van der Waals surface area contributed by atoms with Crippen molar-refractivity contribution in [2.45, 2.75) is 13.8 Å². The van der Waals surface area contributed by atoms with E-state index < -0.39 is 0 Å². The van der Waals surface area contributed by atoms with Gasteiger partial charge in [0.25, 0.3) is 0 Å². The SMILES string of the molecule is Cc1cccc(-c2cc(C#N)ccn2)c1C. The van der Waals surface area contributed by atoms with Crippen molar-refractivity contribution in [3.05, 3.63) is 53.2 Å². The third-order valence-corrected chi connectivity index (χ3v) is 2.77. The van der Waals surface area contributed by atoms with Gasteiger partial charge in [-0.15, -0.1) is 0 Å². The first-order chi connectivity index (χ1) is 7.72. The van der Waals surface area contributed by atoms with Crippen LogP contribution in [0.2, 0.25) is 0 Å². The van der Waals surface area contributed by atoms with Gasteiger partial charge in [0.1, 0.15) is 0 Å². The first kappa shape index (κ1) is 10.4. The second-order valence-corrected chi connectivity index (χ2v) is 3.79. The van der Waals surface area contributed by atoms with Gasteiger partial charge >= 0.3 is 0 Å². The second-order valence-electron chi connectivity index (χ2n) is 3.79. The minimum atomic E-state index is 0.644. The Morgan fingerprint density at radius 2 is 2.00 bits per heavy atom. The number of aryl methyl sites for hydroxylation is 1. The number of hydrogen-bond acceptors (Lipinski definition) is 2. The molecule has 0 saturated heterocycles. The van der Waals surface area contributed by atoms with Crippen LogP contribution >= 0.6 is 0 Å². The number of nitrogens with zero attached hydrogens (tertiary/aromatic N) is 2. The van der Waals surface area contributed by atoms with E-state index in [0.29, 0.717) is 5.56 Å². The van der Waals surface area contributed by atoms with Gasteiger partial charge in [-0.25, -0.2) is 0 Å². The van der Waals surface area contributed by atoms with Crippen LogP contribution in [-0.4, -0.2) is 4.98 Å². The van der Waals surface area contributed by atoms with E-state index in [2.05, 4.69) is 31.0 Å². The lowest BCUT2D eigenvalue weighted by atomic mass is 10.00. The average Bonchev–Trinajstić information content (AvgIpc) is 2.33. The van der Waals surface area contributed by atoms with Gasteiger partial charge in [0.15, 0.2) is 0 Å². The summed E-state index contributed by atoms with van der Waals surface area (Å²) < 4.78 is 0. The fraction of sp³-hybridized carbons (Fsp3) is 0.143. The largest absolute Gasteiger partial charge is 0.256 e. The Morgan fingerprint density at radius 3 is 2.75 bits per heavy atom. The zero-order valence-electron chi connectivity index (χ0n) is 9.36. The predicted molar refractivity (Wildman–Crippen MR) is 63.9 cm³/mol. The monoisotopic (exact) mass is 208 g/mol. The minimum Gasteiger partial charge on any atom is -0.256 e. The van der Waals surface area contributed by atoms with E-state index in [9.17, 15) is 0 Å². The molecule has 0 aliphatic carbocycles. The third-order valence-electron chi connectivity index (χ3n) is 2.77. The van der Waals surface area contributed by atoms with Crippen molar-refractivity contribution >= 4 is 0 Å². The Balaban J connectivity index is 2.59. The summed E-state index contributed by atoms with van der Waals surface area (Å²) in [7, 11) is 0. The van der Waals surface area contributed by atoms with E-state index in [1.807, 2.05) is 18.2 Å². The maximum Gasteiger partial charge on any atom is 0.0992 e. The molecule has 2 heteroatoms. The molecule has 0 amide bonds. The number of hydrogen-bond donors (Lipinski definition) is 0. The molecule has 16 heavy (non-hydrogen) atoms. The van der Waals surface area contributed by atoms with Crippen LogP contribution in [0.25, 0.3) is 11.3 Å². The maximum absolute atomic E-state index is 8.86. The van der Waals surface area contributed by atoms with Crippen LogP contribution in [0.5, 0.6) is 0 Å². The molecule has 2 nitrogen and oxygen atoms in total. The molecule has 2 rings (SSSR count). The predicted octanol–water partition coefficient (Wildman–Crippen LogP) is 3.24. The van der Waals surface area contributed by atoms with Crippen LogP contribution in [-0.2, 0) is 0 Å². The summed E-state index contributed by atoms with van der Waals surface area (Å²) in [5.41, 5.74) is 5.05. The van der Waals surface area contributed by atoms with Crippen molar-refractivity contribution in [2.24, 2.45) is 0 Å². The number of aromatic nitrogens is 1. The zero-order valence-corrected chi connectivity index (χ0v) is 9.36. The number of nitriles is 1. The quantitative estimate of drug-likeness (QED) is 0.721. The molecular weight excluding hydrogens is 196 g/mol. The van der Waals surface area contributed by atoms with Crippen molar-refractivity contribution in [1.29, 1.82) is 5.26 Å². The molecule has 0 spiro atoms. The van der Waals surface area contributed by atoms with E-state index in [4.69, 9.17) is 5.26 Å². The van der Waals surface area contributed by atoms with Crippen LogP contribution in [0.1, 0.15) is 16.7 Å². The topological polar surface area (TPSA) is 36.7 Å². The number of rotatable bonds is 1. The maximum atomic E-state index is 8.86. The van der Waals surface area contributed by atoms with E-state index in [1.165, 1.54) is 11.1 Å². The van der Waals surface area contributed by atoms with Crippen molar-refractivity contribution in [3.63, 3.8) is 0 Å². The smallest absolute Gasteiger partial charge is 0.0992 e. The normalized spacial score (nSPS) is 9.81. The first-order valence-electron chi connectivity index (χ1n) is 5.15. The Morgan fingerprint density at radius 1 is 1.19 bits per heavy atom. The van der Waals surface area contributed by atoms with Crippen LogP contribution in [0.4, 0.5) is 0 Å². The molecule has 0 radical (unpaired) electrons. The number of pyridine rings is 1. The molecule has 78 valence electrons. The van der Waals surface area contributed by atoms with Crippen LogP contribution in [0.3, 0.4) is 0 Å². The second kappa shape index (κ2) is 4.16. The third kappa shape index (κ3) is 1.80. The highest BCUT2D eigenvalue weighted by Crippen LogP contribution is 2.23. The average molecular weight is 208 g/mol. The van der Waals surface area contributed by atoms with Gasteiger partial charge in [0.2, 0.25) is 0 Å². The molecule has 1 aromatic heterocycles. The van der Waals surface area contributed by atoms with Gasteiger partial charge in [0.05, 0.1) is 17.3 Å². The molecule has 1 aromatic carbocycles. The van der Waals surface area contributed by atoms with E-state index in [1.54, 1.807) is 12.3 Å². The van der Waals surface area contributed by atoms with Crippen LogP contribution in [0.15, 0.2) is 36.5 Å². The molecule has 0 aliphatic rings. The molecular formula is C14H12N2. The lowest BCUT2D eigenvalue weighted by Crippen LogP contribution is -1.90. The molecule has 1 heterocycles. The summed E-state index contributed by atoms with van der Waals surface area (Å²) in [6.45, 7) is 4.15. The van der Waals surface area contributed by atoms with Gasteiger partial charge in [0, 0.05) is 11.8 Å². The molecule has 0 atom stereocenters. The standard InChI is InChI=1S/C14H12N2/c1-10-4-3-5-13(11(10)2)14-8-12(9-15)6-7-16-14/h3-8H,1-2H3. The van der Waals surface area contributed by atoms with Gasteiger partial charge < -0.3 is 0 Å². The highest BCUT2D eigenvalue weighted by atomic mass is 14.7. The van der Waals surface area contributed by atoms with Crippen LogP contribution < -0.4 is 0 Å². The Bertz CT molecular complexity index is 565.